The van der Waals surface area contributed by atoms with Crippen molar-refractivity contribution in [2.24, 2.45) is 0 Å². The summed E-state index contributed by atoms with van der Waals surface area (Å²) in [4.78, 5) is 21.5. The number of carbonyl (C=O) groups is 1. The van der Waals surface area contributed by atoms with Crippen LogP contribution in [0, 0.1) is 0 Å². The van der Waals surface area contributed by atoms with Crippen molar-refractivity contribution in [2.45, 2.75) is 38.3 Å². The minimum absolute atomic E-state index is 0.142. The lowest BCUT2D eigenvalue weighted by Crippen LogP contribution is -2.36. The Morgan fingerprint density at radius 3 is 2.71 bits per heavy atom. The molecule has 1 aliphatic rings. The number of hydrogen-bond acceptors (Lipinski definition) is 5. The molecule has 1 aliphatic heterocycles. The molecule has 1 N–H and O–H groups in total. The molecule has 1 fully saturated rings. The molecule has 1 aromatic carbocycles. The standard InChI is InChI=1S/C14H19O6P/c1-2-13(15)19-14(9-6-10-18-14)20-21(16,17)11-12-7-4-3-5-8-12/h3-5,7-8H,2,6,9-11H2,1H3,(H,16,17). The van der Waals surface area contributed by atoms with Gasteiger partial charge in [0.15, 0.2) is 0 Å². The molecule has 6 nitrogen and oxygen atoms in total. The van der Waals surface area contributed by atoms with Crippen molar-refractivity contribution in [3.8, 4) is 0 Å². The Morgan fingerprint density at radius 1 is 1.43 bits per heavy atom. The molecule has 0 saturated carbocycles. The monoisotopic (exact) mass is 314 g/mol. The van der Waals surface area contributed by atoms with Crippen LogP contribution in [-0.2, 0) is 29.5 Å². The number of hydrogen-bond donors (Lipinski definition) is 1. The van der Waals surface area contributed by atoms with E-state index in [1.165, 1.54) is 0 Å². The lowest BCUT2D eigenvalue weighted by Gasteiger charge is -2.29. The van der Waals surface area contributed by atoms with Crippen molar-refractivity contribution in [3.05, 3.63) is 35.9 Å². The van der Waals surface area contributed by atoms with E-state index in [4.69, 9.17) is 14.0 Å². The van der Waals surface area contributed by atoms with Crippen LogP contribution < -0.4 is 0 Å². The fourth-order valence-corrected chi connectivity index (χ4v) is 3.42. The number of ether oxygens (including phenoxy) is 2. The first kappa shape index (κ1) is 16.2. The zero-order valence-electron chi connectivity index (χ0n) is 11.9. The van der Waals surface area contributed by atoms with Crippen molar-refractivity contribution in [1.82, 2.24) is 0 Å². The first-order chi connectivity index (χ1) is 9.95. The smallest absolute Gasteiger partial charge is 0.337 e. The van der Waals surface area contributed by atoms with Crippen molar-refractivity contribution in [2.75, 3.05) is 6.61 Å². The molecule has 7 heteroatoms. The Hall–Kier alpha value is -1.20. The summed E-state index contributed by atoms with van der Waals surface area (Å²) in [6.07, 6.45) is 0.825. The van der Waals surface area contributed by atoms with Gasteiger partial charge in [0, 0.05) is 12.8 Å². The van der Waals surface area contributed by atoms with Crippen molar-refractivity contribution >= 4 is 13.6 Å². The third kappa shape index (κ3) is 4.64. The van der Waals surface area contributed by atoms with Gasteiger partial charge in [0.1, 0.15) is 0 Å². The Labute approximate surface area is 123 Å². The van der Waals surface area contributed by atoms with E-state index in [1.807, 2.05) is 6.07 Å². The molecule has 0 bridgehead atoms. The van der Waals surface area contributed by atoms with Gasteiger partial charge in [-0.25, -0.2) is 4.52 Å². The van der Waals surface area contributed by atoms with Gasteiger partial charge in [-0.3, -0.25) is 9.36 Å². The molecule has 1 aromatic rings. The van der Waals surface area contributed by atoms with Crippen LogP contribution in [0.5, 0.6) is 0 Å². The fraction of sp³-hybridized carbons (Fsp3) is 0.500. The molecule has 0 aliphatic carbocycles. The minimum atomic E-state index is -4.00. The maximum Gasteiger partial charge on any atom is 0.337 e. The summed E-state index contributed by atoms with van der Waals surface area (Å²) in [6.45, 7) is 1.95. The van der Waals surface area contributed by atoms with Gasteiger partial charge in [0.2, 0.25) is 0 Å². The Balaban J connectivity index is 2.08. The molecule has 0 spiro atoms. The third-order valence-electron chi connectivity index (χ3n) is 3.01. The van der Waals surface area contributed by atoms with Gasteiger partial charge in [-0.05, 0) is 12.0 Å². The quantitative estimate of drug-likeness (QED) is 0.494. The second kappa shape index (κ2) is 6.71. The maximum atomic E-state index is 12.3. The summed E-state index contributed by atoms with van der Waals surface area (Å²) < 4.78 is 27.9. The van der Waals surface area contributed by atoms with E-state index in [-0.39, 0.29) is 19.0 Å². The average molecular weight is 314 g/mol. The van der Waals surface area contributed by atoms with Crippen LogP contribution in [0.2, 0.25) is 0 Å². The van der Waals surface area contributed by atoms with Gasteiger partial charge in [-0.15, -0.1) is 0 Å². The number of esters is 1. The summed E-state index contributed by atoms with van der Waals surface area (Å²) in [5, 5.41) is 0. The largest absolute Gasteiger partial charge is 0.407 e. The van der Waals surface area contributed by atoms with Gasteiger partial charge >= 0.3 is 19.5 Å². The molecule has 21 heavy (non-hydrogen) atoms. The average Bonchev–Trinajstić information content (AvgIpc) is 2.86. The molecular formula is C14H19O6P. The van der Waals surface area contributed by atoms with Gasteiger partial charge in [-0.2, -0.15) is 0 Å². The zero-order chi connectivity index (χ0) is 15.3. The molecule has 0 amide bonds. The molecule has 1 heterocycles. The van der Waals surface area contributed by atoms with E-state index in [2.05, 4.69) is 0 Å². The molecule has 2 rings (SSSR count). The van der Waals surface area contributed by atoms with Gasteiger partial charge < -0.3 is 14.4 Å². The van der Waals surface area contributed by atoms with Crippen LogP contribution in [0.1, 0.15) is 31.7 Å². The number of carbonyl (C=O) groups excluding carboxylic acids is 1. The van der Waals surface area contributed by atoms with Gasteiger partial charge in [0.05, 0.1) is 12.8 Å². The lowest BCUT2D eigenvalue weighted by molar-refractivity contribution is -0.306. The highest BCUT2D eigenvalue weighted by Crippen LogP contribution is 2.52. The molecule has 2 atom stereocenters. The lowest BCUT2D eigenvalue weighted by atomic mass is 10.2. The maximum absolute atomic E-state index is 12.3. The second-order valence-electron chi connectivity index (χ2n) is 4.84. The number of rotatable bonds is 6. The van der Waals surface area contributed by atoms with Crippen LogP contribution in [0.25, 0.3) is 0 Å². The van der Waals surface area contributed by atoms with E-state index in [0.717, 1.165) is 0 Å². The summed E-state index contributed by atoms with van der Waals surface area (Å²) in [6, 6.07) is 8.82. The SMILES string of the molecule is CCC(=O)OC1(OP(=O)(O)Cc2ccccc2)CCCO1. The summed E-state index contributed by atoms with van der Waals surface area (Å²) in [5.41, 5.74) is 0.665. The van der Waals surface area contributed by atoms with E-state index in [9.17, 15) is 14.3 Å². The number of benzene rings is 1. The highest BCUT2D eigenvalue weighted by Gasteiger charge is 2.46. The topological polar surface area (TPSA) is 82.1 Å². The first-order valence-corrected chi connectivity index (χ1v) is 8.63. The van der Waals surface area contributed by atoms with Crippen LogP contribution in [0.3, 0.4) is 0 Å². The van der Waals surface area contributed by atoms with Crippen molar-refractivity contribution < 1.29 is 28.3 Å². The Kier molecular flexibility index (Phi) is 5.17. The normalized spacial score (nSPS) is 24.5. The summed E-state index contributed by atoms with van der Waals surface area (Å²) >= 11 is 0. The molecular weight excluding hydrogens is 295 g/mol. The summed E-state index contributed by atoms with van der Waals surface area (Å²) in [7, 11) is -4.00. The summed E-state index contributed by atoms with van der Waals surface area (Å²) in [5.74, 6) is -2.26. The van der Waals surface area contributed by atoms with E-state index < -0.39 is 19.5 Å². The predicted molar refractivity (Wildman–Crippen MR) is 75.4 cm³/mol. The highest BCUT2D eigenvalue weighted by atomic mass is 31.2. The first-order valence-electron chi connectivity index (χ1n) is 6.87. The molecule has 0 aromatic heterocycles. The third-order valence-corrected chi connectivity index (χ3v) is 4.34. The van der Waals surface area contributed by atoms with E-state index in [0.29, 0.717) is 18.6 Å². The van der Waals surface area contributed by atoms with E-state index >= 15 is 0 Å². The Morgan fingerprint density at radius 2 is 2.14 bits per heavy atom. The van der Waals surface area contributed by atoms with Gasteiger partial charge in [0.25, 0.3) is 0 Å². The zero-order valence-corrected chi connectivity index (χ0v) is 12.8. The van der Waals surface area contributed by atoms with Crippen LogP contribution in [0.4, 0.5) is 0 Å². The van der Waals surface area contributed by atoms with Crippen LogP contribution in [-0.4, -0.2) is 23.4 Å². The fourth-order valence-electron chi connectivity index (χ4n) is 2.07. The van der Waals surface area contributed by atoms with E-state index in [1.54, 1.807) is 31.2 Å². The molecule has 116 valence electrons. The van der Waals surface area contributed by atoms with Gasteiger partial charge in [-0.1, -0.05) is 37.3 Å². The van der Waals surface area contributed by atoms with Crippen LogP contribution >= 0.6 is 7.60 Å². The van der Waals surface area contributed by atoms with Crippen molar-refractivity contribution in [3.63, 3.8) is 0 Å². The molecule has 0 radical (unpaired) electrons. The highest BCUT2D eigenvalue weighted by molar-refractivity contribution is 7.52. The van der Waals surface area contributed by atoms with Crippen molar-refractivity contribution in [1.29, 1.82) is 0 Å². The minimum Gasteiger partial charge on any atom is -0.407 e. The Bertz CT molecular complexity index is 524. The second-order valence-corrected chi connectivity index (χ2v) is 6.61. The molecule has 1 saturated heterocycles. The predicted octanol–water partition coefficient (Wildman–Crippen LogP) is 2.81. The molecule has 2 unspecified atom stereocenters. The van der Waals surface area contributed by atoms with Crippen LogP contribution in [0.15, 0.2) is 30.3 Å².